The van der Waals surface area contributed by atoms with E-state index in [1.54, 1.807) is 4.31 Å². The van der Waals surface area contributed by atoms with Crippen molar-refractivity contribution in [1.82, 2.24) is 14.2 Å². The van der Waals surface area contributed by atoms with Crippen LogP contribution in [0.3, 0.4) is 0 Å². The molecule has 0 bridgehead atoms. The number of rotatable bonds is 9. The van der Waals surface area contributed by atoms with Crippen molar-refractivity contribution in [1.29, 1.82) is 0 Å². The van der Waals surface area contributed by atoms with Crippen molar-refractivity contribution in [3.8, 4) is 10.4 Å². The van der Waals surface area contributed by atoms with Gasteiger partial charge in [0.2, 0.25) is 15.9 Å². The van der Waals surface area contributed by atoms with E-state index in [0.29, 0.717) is 23.8 Å². The lowest BCUT2D eigenvalue weighted by Crippen LogP contribution is -2.39. The van der Waals surface area contributed by atoms with Gasteiger partial charge in [0.25, 0.3) is 0 Å². The summed E-state index contributed by atoms with van der Waals surface area (Å²) in [7, 11) is -3.23. The first-order valence-corrected chi connectivity index (χ1v) is 15.5. The maximum Gasteiger partial charge on any atom is 0.221 e. The number of nitrogens with two attached hydrogens (primary N) is 1. The Morgan fingerprint density at radius 2 is 1.89 bits per heavy atom. The summed E-state index contributed by atoms with van der Waals surface area (Å²) in [6.45, 7) is 4.14. The third kappa shape index (κ3) is 5.65. The van der Waals surface area contributed by atoms with Crippen LogP contribution in [-0.2, 0) is 21.2 Å². The molecule has 2 aliphatic heterocycles. The van der Waals surface area contributed by atoms with Crippen LogP contribution in [-0.4, -0.2) is 67.0 Å². The second kappa shape index (κ2) is 10.8. The third-order valence-electron chi connectivity index (χ3n) is 7.49. The van der Waals surface area contributed by atoms with Gasteiger partial charge >= 0.3 is 0 Å². The first-order chi connectivity index (χ1) is 17.3. The molecule has 3 N–H and O–H groups in total. The van der Waals surface area contributed by atoms with Gasteiger partial charge < -0.3 is 15.6 Å². The highest BCUT2D eigenvalue weighted by atomic mass is 35.5. The van der Waals surface area contributed by atoms with Crippen molar-refractivity contribution in [2.75, 3.05) is 38.5 Å². The highest BCUT2D eigenvalue weighted by Crippen LogP contribution is 2.39. The van der Waals surface area contributed by atoms with Gasteiger partial charge in [-0.25, -0.2) is 12.7 Å². The normalized spacial score (nSPS) is 18.4. The Hall–Kier alpha value is -1.91. The van der Waals surface area contributed by atoms with Crippen molar-refractivity contribution in [3.63, 3.8) is 0 Å². The van der Waals surface area contributed by atoms with Crippen LogP contribution < -0.4 is 5.73 Å². The first kappa shape index (κ1) is 25.7. The minimum Gasteiger partial charge on any atom is -0.369 e. The second-order valence-corrected chi connectivity index (χ2v) is 13.7. The Morgan fingerprint density at radius 1 is 1.14 bits per heavy atom. The van der Waals surface area contributed by atoms with E-state index in [2.05, 4.69) is 16.0 Å². The van der Waals surface area contributed by atoms with Gasteiger partial charge in [0.05, 0.1) is 16.5 Å². The van der Waals surface area contributed by atoms with Gasteiger partial charge in [-0.15, -0.1) is 11.3 Å². The summed E-state index contributed by atoms with van der Waals surface area (Å²) in [6, 6.07) is 8.02. The molecular weight excluding hydrogens is 516 g/mol. The quantitative estimate of drug-likeness (QED) is 0.409. The summed E-state index contributed by atoms with van der Waals surface area (Å²) >= 11 is 7.68. The van der Waals surface area contributed by atoms with Gasteiger partial charge in [0.1, 0.15) is 0 Å². The van der Waals surface area contributed by atoms with Crippen LogP contribution in [0.15, 0.2) is 30.5 Å². The molecule has 0 radical (unpaired) electrons. The smallest absolute Gasteiger partial charge is 0.221 e. The Morgan fingerprint density at radius 3 is 2.56 bits per heavy atom. The topological polar surface area (TPSA) is 99.5 Å². The Labute approximate surface area is 221 Å². The van der Waals surface area contributed by atoms with Crippen LogP contribution >= 0.6 is 22.9 Å². The molecular formula is C26H33ClN4O3S2. The van der Waals surface area contributed by atoms with E-state index in [1.165, 1.54) is 29.7 Å². The number of benzene rings is 1. The number of carbonyl (C=O) groups is 1. The molecule has 10 heteroatoms. The minimum atomic E-state index is -3.23. The maximum absolute atomic E-state index is 13.0. The summed E-state index contributed by atoms with van der Waals surface area (Å²) in [5.74, 6) is 0.0974. The molecule has 4 heterocycles. The molecule has 2 aromatic heterocycles. The lowest BCUT2D eigenvalue weighted by Gasteiger charge is -2.31. The highest BCUT2D eigenvalue weighted by molar-refractivity contribution is 7.89. The molecule has 0 aliphatic carbocycles. The van der Waals surface area contributed by atoms with E-state index in [4.69, 9.17) is 17.3 Å². The molecule has 7 nitrogen and oxygen atoms in total. The van der Waals surface area contributed by atoms with Crippen LogP contribution in [0.2, 0.25) is 4.34 Å². The molecule has 2 fully saturated rings. The number of amides is 1. The van der Waals surface area contributed by atoms with Crippen LogP contribution in [0.5, 0.6) is 0 Å². The zero-order valence-electron chi connectivity index (χ0n) is 20.3. The van der Waals surface area contributed by atoms with E-state index in [9.17, 15) is 13.2 Å². The number of primary amides is 1. The van der Waals surface area contributed by atoms with Crippen molar-refractivity contribution in [2.45, 2.75) is 44.4 Å². The molecule has 0 spiro atoms. The second-order valence-electron chi connectivity index (χ2n) is 9.94. The maximum atomic E-state index is 13.0. The molecule has 1 amide bonds. The number of fused-ring (bicyclic) bond motifs is 1. The summed E-state index contributed by atoms with van der Waals surface area (Å²) in [5, 5.41) is 1.07. The molecule has 2 saturated heterocycles. The SMILES string of the molecule is NC(=O)Cc1cc(-c2ccc(Cl)s2)cc2c(C3CCN(S(=O)(=O)CCCN4CCCC4)CC3)c[nH]c12. The van der Waals surface area contributed by atoms with Crippen LogP contribution in [0.4, 0.5) is 0 Å². The number of halogens is 1. The van der Waals surface area contributed by atoms with Crippen molar-refractivity contribution < 1.29 is 13.2 Å². The Bertz CT molecular complexity index is 1340. The van der Waals surface area contributed by atoms with Gasteiger partial charge in [-0.1, -0.05) is 11.6 Å². The summed E-state index contributed by atoms with van der Waals surface area (Å²) in [6.07, 6.45) is 6.87. The highest BCUT2D eigenvalue weighted by Gasteiger charge is 2.30. The number of likely N-dealkylation sites (tertiary alicyclic amines) is 1. The zero-order valence-corrected chi connectivity index (χ0v) is 22.7. The largest absolute Gasteiger partial charge is 0.369 e. The Balaban J connectivity index is 1.32. The van der Waals surface area contributed by atoms with Crippen LogP contribution in [0.25, 0.3) is 21.3 Å². The van der Waals surface area contributed by atoms with E-state index in [0.717, 1.165) is 59.4 Å². The fourth-order valence-electron chi connectivity index (χ4n) is 5.66. The van der Waals surface area contributed by atoms with E-state index >= 15 is 0 Å². The predicted octanol–water partition coefficient (Wildman–Crippen LogP) is 4.57. The number of H-pyrrole nitrogens is 1. The molecule has 0 saturated carbocycles. The molecule has 0 atom stereocenters. The van der Waals surface area contributed by atoms with E-state index in [1.807, 2.05) is 24.4 Å². The van der Waals surface area contributed by atoms with Crippen LogP contribution in [0.1, 0.15) is 49.1 Å². The molecule has 5 rings (SSSR count). The number of aromatic nitrogens is 1. The van der Waals surface area contributed by atoms with Gasteiger partial charge in [-0.3, -0.25) is 4.79 Å². The number of carbonyl (C=O) groups excluding carboxylic acids is 1. The monoisotopic (exact) mass is 548 g/mol. The molecule has 3 aromatic rings. The first-order valence-electron chi connectivity index (χ1n) is 12.7. The lowest BCUT2D eigenvalue weighted by atomic mass is 9.89. The van der Waals surface area contributed by atoms with E-state index in [-0.39, 0.29) is 24.0 Å². The molecule has 36 heavy (non-hydrogen) atoms. The van der Waals surface area contributed by atoms with Crippen molar-refractivity contribution in [2.24, 2.45) is 5.73 Å². The minimum absolute atomic E-state index is 0.150. The molecule has 0 unspecified atom stereocenters. The fraction of sp³-hybridized carbons (Fsp3) is 0.500. The number of nitrogens with one attached hydrogen (secondary N) is 1. The van der Waals surface area contributed by atoms with Crippen LogP contribution in [0, 0.1) is 0 Å². The standard InChI is InChI=1S/C26H33ClN4O3S2/c27-24-5-4-23(35-24)19-14-20(16-25(28)32)26-21(15-19)22(17-29-26)18-6-11-31(12-7-18)36(33,34)13-3-10-30-8-1-2-9-30/h4-5,14-15,17-18,29H,1-3,6-13,16H2,(H2,28,32). The van der Waals surface area contributed by atoms with Gasteiger partial charge in [-0.05, 0) is 98.6 Å². The average molecular weight is 549 g/mol. The molecule has 1 aromatic carbocycles. The average Bonchev–Trinajstić information content (AvgIpc) is 3.60. The Kier molecular flexibility index (Phi) is 7.74. The van der Waals surface area contributed by atoms with Gasteiger partial charge in [0.15, 0.2) is 0 Å². The lowest BCUT2D eigenvalue weighted by molar-refractivity contribution is -0.117. The molecule has 194 valence electrons. The third-order valence-corrected chi connectivity index (χ3v) is 10.7. The van der Waals surface area contributed by atoms with E-state index < -0.39 is 10.0 Å². The number of thiophene rings is 1. The zero-order chi connectivity index (χ0) is 25.3. The number of hydrogen-bond acceptors (Lipinski definition) is 5. The van der Waals surface area contributed by atoms with Gasteiger partial charge in [0, 0.05) is 35.1 Å². The number of sulfonamides is 1. The number of nitrogens with zero attached hydrogens (tertiary/aromatic N) is 2. The van der Waals surface area contributed by atoms with Gasteiger partial charge in [-0.2, -0.15) is 0 Å². The summed E-state index contributed by atoms with van der Waals surface area (Å²) in [5.41, 5.74) is 9.52. The number of hydrogen-bond donors (Lipinski definition) is 2. The number of aromatic amines is 1. The molecule has 2 aliphatic rings. The summed E-state index contributed by atoms with van der Waals surface area (Å²) in [4.78, 5) is 18.6. The summed E-state index contributed by atoms with van der Waals surface area (Å²) < 4.78 is 28.3. The number of piperidine rings is 1. The predicted molar refractivity (Wildman–Crippen MR) is 147 cm³/mol. The van der Waals surface area contributed by atoms with Crippen molar-refractivity contribution in [3.05, 3.63) is 45.9 Å². The van der Waals surface area contributed by atoms with Crippen molar-refractivity contribution >= 4 is 49.8 Å². The fourth-order valence-corrected chi connectivity index (χ4v) is 8.20.